The summed E-state index contributed by atoms with van der Waals surface area (Å²) in [5, 5.41) is 8.19. The molecule has 0 radical (unpaired) electrons. The lowest BCUT2D eigenvalue weighted by molar-refractivity contribution is -0.137. The average Bonchev–Trinajstić information content (AvgIpc) is 3.28. The predicted molar refractivity (Wildman–Crippen MR) is 112 cm³/mol. The summed E-state index contributed by atoms with van der Waals surface area (Å²) in [6.07, 6.45) is 3.05. The standard InChI is InChI=1S/C21H20F3N7O2/c22-21(23,24)15-7-5-6-14(12-15)17-26-16(33-28-17)13-31-20(32)30-11-8-25-18(19(30)27-31)29-9-3-1-2-4-10-29/h5-8,11-12H,1-4,9-10,13H2. The Labute approximate surface area is 185 Å². The molecular weight excluding hydrogens is 439 g/mol. The highest BCUT2D eigenvalue weighted by Crippen LogP contribution is 2.31. The summed E-state index contributed by atoms with van der Waals surface area (Å²) in [6, 6.07) is 4.65. The van der Waals surface area contributed by atoms with Gasteiger partial charge in [-0.15, -0.1) is 5.10 Å². The molecule has 1 aliphatic rings. The molecule has 0 aliphatic carbocycles. The number of halogens is 3. The van der Waals surface area contributed by atoms with E-state index in [0.717, 1.165) is 50.9 Å². The van der Waals surface area contributed by atoms with Crippen LogP contribution in [-0.4, -0.2) is 42.4 Å². The summed E-state index contributed by atoms with van der Waals surface area (Å²) >= 11 is 0. The smallest absolute Gasteiger partial charge is 0.353 e. The zero-order valence-electron chi connectivity index (χ0n) is 17.5. The van der Waals surface area contributed by atoms with Crippen molar-refractivity contribution in [1.29, 1.82) is 0 Å². The second kappa shape index (κ2) is 8.34. The van der Waals surface area contributed by atoms with E-state index >= 15 is 0 Å². The highest BCUT2D eigenvalue weighted by atomic mass is 19.4. The lowest BCUT2D eigenvalue weighted by Gasteiger charge is -2.20. The quantitative estimate of drug-likeness (QED) is 0.462. The molecule has 1 aromatic carbocycles. The lowest BCUT2D eigenvalue weighted by atomic mass is 10.1. The third kappa shape index (κ3) is 4.20. The number of aromatic nitrogens is 6. The number of benzene rings is 1. The number of anilines is 1. The van der Waals surface area contributed by atoms with Crippen LogP contribution in [0.3, 0.4) is 0 Å². The first-order valence-corrected chi connectivity index (χ1v) is 10.6. The molecule has 0 unspecified atom stereocenters. The fourth-order valence-electron chi connectivity index (χ4n) is 3.94. The molecule has 0 amide bonds. The molecule has 0 N–H and O–H groups in total. The minimum Gasteiger partial charge on any atom is -0.353 e. The third-order valence-electron chi connectivity index (χ3n) is 5.59. The van der Waals surface area contributed by atoms with Gasteiger partial charge in [-0.2, -0.15) is 18.2 Å². The fraction of sp³-hybridized carbons (Fsp3) is 0.381. The van der Waals surface area contributed by atoms with Gasteiger partial charge in [0.15, 0.2) is 5.82 Å². The molecule has 1 aliphatic heterocycles. The van der Waals surface area contributed by atoms with Crippen LogP contribution in [0.1, 0.15) is 37.1 Å². The summed E-state index contributed by atoms with van der Waals surface area (Å²) in [4.78, 5) is 23.6. The van der Waals surface area contributed by atoms with Gasteiger partial charge in [0.25, 0.3) is 0 Å². The van der Waals surface area contributed by atoms with Crippen LogP contribution in [-0.2, 0) is 12.7 Å². The zero-order chi connectivity index (χ0) is 23.0. The molecule has 12 heteroatoms. The molecule has 0 bridgehead atoms. The van der Waals surface area contributed by atoms with E-state index in [-0.39, 0.29) is 23.8 Å². The highest BCUT2D eigenvalue weighted by Gasteiger charge is 2.31. The van der Waals surface area contributed by atoms with Crippen molar-refractivity contribution < 1.29 is 17.7 Å². The minimum atomic E-state index is -4.48. The van der Waals surface area contributed by atoms with Crippen molar-refractivity contribution in [2.24, 2.45) is 0 Å². The molecule has 1 fully saturated rings. The summed E-state index contributed by atoms with van der Waals surface area (Å²) in [7, 11) is 0. The van der Waals surface area contributed by atoms with Gasteiger partial charge in [-0.05, 0) is 25.0 Å². The Morgan fingerprint density at radius 3 is 2.64 bits per heavy atom. The maximum absolute atomic E-state index is 13.0. The van der Waals surface area contributed by atoms with Gasteiger partial charge >= 0.3 is 11.9 Å². The van der Waals surface area contributed by atoms with E-state index in [0.29, 0.717) is 11.5 Å². The normalized spacial score (nSPS) is 15.2. The van der Waals surface area contributed by atoms with Crippen molar-refractivity contribution in [1.82, 2.24) is 29.3 Å². The SMILES string of the molecule is O=c1n(Cc2nc(-c3cccc(C(F)(F)F)c3)no2)nc2c(N3CCCCCC3)nccn12. The van der Waals surface area contributed by atoms with Gasteiger partial charge in [-0.3, -0.25) is 0 Å². The van der Waals surface area contributed by atoms with Crippen LogP contribution in [0.4, 0.5) is 19.0 Å². The molecule has 172 valence electrons. The summed E-state index contributed by atoms with van der Waals surface area (Å²) < 4.78 is 46.8. The number of rotatable bonds is 4. The first kappa shape index (κ1) is 21.2. The van der Waals surface area contributed by atoms with Crippen LogP contribution in [0.25, 0.3) is 17.0 Å². The topological polar surface area (TPSA) is 94.3 Å². The van der Waals surface area contributed by atoms with Crippen LogP contribution in [0.15, 0.2) is 46.0 Å². The van der Waals surface area contributed by atoms with Crippen molar-refractivity contribution in [3.63, 3.8) is 0 Å². The molecule has 33 heavy (non-hydrogen) atoms. The van der Waals surface area contributed by atoms with Crippen LogP contribution in [0, 0.1) is 0 Å². The number of hydrogen-bond donors (Lipinski definition) is 0. The third-order valence-corrected chi connectivity index (χ3v) is 5.59. The summed E-state index contributed by atoms with van der Waals surface area (Å²) in [6.45, 7) is 1.57. The second-order valence-corrected chi connectivity index (χ2v) is 7.88. The van der Waals surface area contributed by atoms with E-state index in [4.69, 9.17) is 4.52 Å². The van der Waals surface area contributed by atoms with Gasteiger partial charge in [0, 0.05) is 31.0 Å². The van der Waals surface area contributed by atoms with E-state index in [2.05, 4.69) is 25.1 Å². The number of nitrogens with zero attached hydrogens (tertiary/aromatic N) is 7. The molecule has 0 spiro atoms. The summed E-state index contributed by atoms with van der Waals surface area (Å²) in [5.74, 6) is 0.697. The molecule has 9 nitrogen and oxygen atoms in total. The van der Waals surface area contributed by atoms with Gasteiger partial charge in [0.1, 0.15) is 6.54 Å². The summed E-state index contributed by atoms with van der Waals surface area (Å²) in [5.41, 5.74) is -0.615. The fourth-order valence-corrected chi connectivity index (χ4v) is 3.94. The minimum absolute atomic E-state index is 0.000152. The van der Waals surface area contributed by atoms with E-state index in [1.54, 1.807) is 12.4 Å². The van der Waals surface area contributed by atoms with Crippen LogP contribution in [0.5, 0.6) is 0 Å². The van der Waals surface area contributed by atoms with Crippen LogP contribution >= 0.6 is 0 Å². The molecule has 1 saturated heterocycles. The Bertz CT molecular complexity index is 1330. The molecule has 0 saturated carbocycles. The Morgan fingerprint density at radius 2 is 1.88 bits per heavy atom. The van der Waals surface area contributed by atoms with Gasteiger partial charge in [0.05, 0.1) is 5.56 Å². The number of alkyl halides is 3. The molecule has 4 aromatic rings. The molecule has 4 heterocycles. The lowest BCUT2D eigenvalue weighted by Crippen LogP contribution is -2.26. The van der Waals surface area contributed by atoms with Crippen molar-refractivity contribution in [3.05, 3.63) is 58.6 Å². The van der Waals surface area contributed by atoms with Crippen molar-refractivity contribution in [2.45, 2.75) is 38.4 Å². The number of fused-ring (bicyclic) bond motifs is 1. The molecule has 0 atom stereocenters. The second-order valence-electron chi connectivity index (χ2n) is 7.88. The van der Waals surface area contributed by atoms with Crippen LogP contribution in [0.2, 0.25) is 0 Å². The number of hydrogen-bond acceptors (Lipinski definition) is 7. The molecule has 3 aromatic heterocycles. The van der Waals surface area contributed by atoms with E-state index < -0.39 is 17.4 Å². The highest BCUT2D eigenvalue weighted by molar-refractivity contribution is 5.63. The zero-order valence-corrected chi connectivity index (χ0v) is 17.5. The molecular formula is C21H20F3N7O2. The van der Waals surface area contributed by atoms with E-state index in [9.17, 15) is 18.0 Å². The van der Waals surface area contributed by atoms with Gasteiger partial charge < -0.3 is 9.42 Å². The van der Waals surface area contributed by atoms with Crippen LogP contribution < -0.4 is 10.6 Å². The van der Waals surface area contributed by atoms with Gasteiger partial charge in [-0.25, -0.2) is 18.9 Å². The van der Waals surface area contributed by atoms with Crippen molar-refractivity contribution in [2.75, 3.05) is 18.0 Å². The average molecular weight is 459 g/mol. The Kier molecular flexibility index (Phi) is 5.35. The van der Waals surface area contributed by atoms with Gasteiger partial charge in [0.2, 0.25) is 17.4 Å². The maximum Gasteiger partial charge on any atom is 0.416 e. The first-order valence-electron chi connectivity index (χ1n) is 10.6. The van der Waals surface area contributed by atoms with Crippen molar-refractivity contribution in [3.8, 4) is 11.4 Å². The largest absolute Gasteiger partial charge is 0.416 e. The Hall–Kier alpha value is -3.70. The van der Waals surface area contributed by atoms with E-state index in [1.165, 1.54) is 21.2 Å². The maximum atomic E-state index is 13.0. The monoisotopic (exact) mass is 459 g/mol. The van der Waals surface area contributed by atoms with E-state index in [1.807, 2.05) is 0 Å². The first-order chi connectivity index (χ1) is 15.9. The molecule has 5 rings (SSSR count). The Balaban J connectivity index is 1.44. The Morgan fingerprint density at radius 1 is 1.09 bits per heavy atom. The van der Waals surface area contributed by atoms with Gasteiger partial charge in [-0.1, -0.05) is 30.1 Å². The van der Waals surface area contributed by atoms with Crippen molar-refractivity contribution >= 4 is 11.5 Å². The predicted octanol–water partition coefficient (Wildman–Crippen LogP) is 3.39.